The summed E-state index contributed by atoms with van der Waals surface area (Å²) in [5.74, 6) is 0. The summed E-state index contributed by atoms with van der Waals surface area (Å²) in [4.78, 5) is 1.25. The van der Waals surface area contributed by atoms with Gasteiger partial charge in [0.05, 0.1) is 9.09 Å². The zero-order valence-corrected chi connectivity index (χ0v) is 11.0. The minimum absolute atomic E-state index is 1.05. The molecule has 3 heteroatoms. The van der Waals surface area contributed by atoms with E-state index < -0.39 is 0 Å². The van der Waals surface area contributed by atoms with Gasteiger partial charge in [0.2, 0.25) is 0 Å². The summed E-state index contributed by atoms with van der Waals surface area (Å²) in [6.07, 6.45) is 3.23. The van der Waals surface area contributed by atoms with Gasteiger partial charge >= 0.3 is 0 Å². The third-order valence-corrected chi connectivity index (χ3v) is 2.88. The zero-order valence-electron chi connectivity index (χ0n) is 9.29. The van der Waals surface area contributed by atoms with E-state index in [0.29, 0.717) is 0 Å². The highest BCUT2D eigenvalue weighted by Crippen LogP contribution is 2.24. The molecule has 0 spiro atoms. The van der Waals surface area contributed by atoms with Gasteiger partial charge in [0.15, 0.2) is 0 Å². The van der Waals surface area contributed by atoms with Crippen LogP contribution in [0.3, 0.4) is 0 Å². The van der Waals surface area contributed by atoms with Crippen molar-refractivity contribution in [1.29, 1.82) is 0 Å². The summed E-state index contributed by atoms with van der Waals surface area (Å²) in [6.45, 7) is 6.13. The fourth-order valence-corrected chi connectivity index (χ4v) is 2.16. The topological polar surface area (TPSA) is 12.0 Å². The van der Waals surface area contributed by atoms with Gasteiger partial charge in [-0.25, -0.2) is 0 Å². The molecule has 0 fully saturated rings. The number of nitrogens with one attached hydrogen (secondary N) is 1. The second-order valence-electron chi connectivity index (χ2n) is 2.41. The highest BCUT2D eigenvalue weighted by molar-refractivity contribution is 7.82. The lowest BCUT2D eigenvalue weighted by Gasteiger charge is -2.02. The van der Waals surface area contributed by atoms with Crippen molar-refractivity contribution in [3.05, 3.63) is 23.1 Å². The van der Waals surface area contributed by atoms with E-state index in [2.05, 4.69) is 37.0 Å². The molecule has 80 valence electrons. The van der Waals surface area contributed by atoms with Gasteiger partial charge in [0.25, 0.3) is 0 Å². The Morgan fingerprint density at radius 2 is 2.14 bits per heavy atom. The Morgan fingerprint density at radius 3 is 2.50 bits per heavy atom. The van der Waals surface area contributed by atoms with Gasteiger partial charge in [-0.1, -0.05) is 26.8 Å². The molecule has 0 saturated heterocycles. The monoisotopic (exact) mass is 229 g/mol. The maximum atomic E-state index is 4.27. The van der Waals surface area contributed by atoms with Crippen molar-refractivity contribution in [2.45, 2.75) is 31.4 Å². The van der Waals surface area contributed by atoms with E-state index in [1.54, 1.807) is 11.3 Å². The normalized spacial score (nSPS) is 10.5. The van der Waals surface area contributed by atoms with Gasteiger partial charge in [-0.3, -0.25) is 0 Å². The van der Waals surface area contributed by atoms with Gasteiger partial charge in [0.1, 0.15) is 0 Å². The molecule has 0 amide bonds. The van der Waals surface area contributed by atoms with Crippen LogP contribution >= 0.6 is 24.0 Å². The molecule has 0 aromatic carbocycles. The molecule has 0 aliphatic rings. The highest BCUT2D eigenvalue weighted by atomic mass is 32.2. The molecule has 1 N–H and O–H groups in total. The van der Waals surface area contributed by atoms with E-state index in [0.717, 1.165) is 10.6 Å². The largest absolute Gasteiger partial charge is 0.387 e. The summed E-state index contributed by atoms with van der Waals surface area (Å²) >= 11 is 5.96. The van der Waals surface area contributed by atoms with Crippen LogP contribution in [0.5, 0.6) is 0 Å². The smallest absolute Gasteiger partial charge is 0.0575 e. The minimum atomic E-state index is 1.05. The number of rotatable bonds is 3. The first-order chi connectivity index (χ1) is 6.77. The maximum Gasteiger partial charge on any atom is 0.0575 e. The van der Waals surface area contributed by atoms with Crippen LogP contribution in [0.1, 0.15) is 32.1 Å². The predicted molar refractivity (Wildman–Crippen MR) is 70.2 cm³/mol. The molecule has 0 radical (unpaired) electrons. The molecular weight excluding hydrogens is 210 g/mol. The quantitative estimate of drug-likeness (QED) is 0.746. The van der Waals surface area contributed by atoms with E-state index in [-0.39, 0.29) is 0 Å². The molecule has 0 saturated carbocycles. The van der Waals surface area contributed by atoms with Gasteiger partial charge in [-0.05, 0) is 18.6 Å². The molecule has 1 rings (SSSR count). The number of hydrogen-bond acceptors (Lipinski definition) is 3. The Labute approximate surface area is 96.6 Å². The van der Waals surface area contributed by atoms with Crippen LogP contribution in [0.2, 0.25) is 0 Å². The van der Waals surface area contributed by atoms with Crippen molar-refractivity contribution < 1.29 is 0 Å². The average Bonchev–Trinajstić information content (AvgIpc) is 2.64. The Morgan fingerprint density at radius 1 is 1.50 bits per heavy atom. The molecule has 1 nitrogen and oxygen atoms in total. The average molecular weight is 229 g/mol. The molecule has 1 aromatic rings. The third kappa shape index (κ3) is 4.20. The number of thiol groups is 1. The van der Waals surface area contributed by atoms with E-state index in [1.807, 2.05) is 27.0 Å². The number of allylic oxidation sites excluding steroid dienone is 1. The lowest BCUT2D eigenvalue weighted by molar-refractivity contribution is 1.10. The second kappa shape index (κ2) is 7.94. The fraction of sp³-hybridized carbons (Fsp3) is 0.455. The standard InChI is InChI=1S/C9H13NS2.C2H6/c1-3-4-7(10-2)8-5-6-9(11)12-8;1-2/h4-6,10-11H,3H2,1-2H3;1-2H3/b7-4-;. The fourth-order valence-electron chi connectivity index (χ4n) is 1.00. The Kier molecular flexibility index (Phi) is 7.71. The van der Waals surface area contributed by atoms with Crippen LogP contribution in [0, 0.1) is 0 Å². The lowest BCUT2D eigenvalue weighted by Crippen LogP contribution is -2.02. The van der Waals surface area contributed by atoms with Crippen molar-refractivity contribution in [3.8, 4) is 0 Å². The zero-order chi connectivity index (χ0) is 11.0. The third-order valence-electron chi connectivity index (χ3n) is 1.53. The molecule has 1 aromatic heterocycles. The van der Waals surface area contributed by atoms with Gasteiger partial charge in [-0.15, -0.1) is 24.0 Å². The Hall–Kier alpha value is -0.410. The number of hydrogen-bond donors (Lipinski definition) is 2. The summed E-state index contributed by atoms with van der Waals surface area (Å²) in [7, 11) is 1.94. The molecule has 1 heterocycles. The van der Waals surface area contributed by atoms with Gasteiger partial charge in [0, 0.05) is 12.7 Å². The van der Waals surface area contributed by atoms with Crippen molar-refractivity contribution >= 4 is 29.7 Å². The summed E-state index contributed by atoms with van der Waals surface area (Å²) in [6, 6.07) is 4.11. The maximum absolute atomic E-state index is 4.27. The van der Waals surface area contributed by atoms with E-state index in [1.165, 1.54) is 10.6 Å². The van der Waals surface area contributed by atoms with Crippen molar-refractivity contribution in [3.63, 3.8) is 0 Å². The predicted octanol–water partition coefficient (Wildman–Crippen LogP) is 4.03. The van der Waals surface area contributed by atoms with E-state index in [4.69, 9.17) is 0 Å². The molecule has 14 heavy (non-hydrogen) atoms. The molecule has 0 atom stereocenters. The lowest BCUT2D eigenvalue weighted by atomic mass is 10.3. The summed E-state index contributed by atoms with van der Waals surface area (Å²) in [5.41, 5.74) is 1.20. The van der Waals surface area contributed by atoms with E-state index in [9.17, 15) is 0 Å². The van der Waals surface area contributed by atoms with Crippen molar-refractivity contribution in [2.24, 2.45) is 0 Å². The van der Waals surface area contributed by atoms with E-state index >= 15 is 0 Å². The number of thiophene rings is 1. The Balaban J connectivity index is 0.000000791. The first-order valence-corrected chi connectivity index (χ1v) is 6.21. The van der Waals surface area contributed by atoms with Crippen molar-refractivity contribution in [2.75, 3.05) is 7.05 Å². The van der Waals surface area contributed by atoms with Crippen LogP contribution in [0.25, 0.3) is 5.70 Å². The van der Waals surface area contributed by atoms with Gasteiger partial charge in [-0.2, -0.15) is 0 Å². The molecule has 0 unspecified atom stereocenters. The van der Waals surface area contributed by atoms with Crippen LogP contribution in [-0.2, 0) is 0 Å². The second-order valence-corrected chi connectivity index (χ2v) is 4.28. The SMILES string of the molecule is CC.CC/C=C(\NC)c1ccc(S)s1. The summed E-state index contributed by atoms with van der Waals surface area (Å²) < 4.78 is 1.06. The highest BCUT2D eigenvalue weighted by Gasteiger charge is 2.00. The van der Waals surface area contributed by atoms with Gasteiger partial charge < -0.3 is 5.32 Å². The molecular formula is C11H19NS2. The Bertz CT molecular complexity index is 277. The molecule has 0 aliphatic carbocycles. The first-order valence-electron chi connectivity index (χ1n) is 4.95. The molecule has 0 bridgehead atoms. The van der Waals surface area contributed by atoms with Crippen molar-refractivity contribution in [1.82, 2.24) is 5.32 Å². The van der Waals surface area contributed by atoms with Crippen LogP contribution in [0.15, 0.2) is 22.4 Å². The minimum Gasteiger partial charge on any atom is -0.387 e. The van der Waals surface area contributed by atoms with Crippen LogP contribution < -0.4 is 5.32 Å². The molecule has 0 aliphatic heterocycles. The van der Waals surface area contributed by atoms with Crippen LogP contribution in [0.4, 0.5) is 0 Å². The van der Waals surface area contributed by atoms with Crippen LogP contribution in [-0.4, -0.2) is 7.05 Å². The summed E-state index contributed by atoms with van der Waals surface area (Å²) in [5, 5.41) is 3.17. The first kappa shape index (κ1) is 13.6.